The number of benzene rings is 1. The fourth-order valence-corrected chi connectivity index (χ4v) is 4.50. The van der Waals surface area contributed by atoms with E-state index < -0.39 is 0 Å². The molecule has 0 radical (unpaired) electrons. The second-order valence-corrected chi connectivity index (χ2v) is 7.62. The van der Waals surface area contributed by atoms with Crippen molar-refractivity contribution in [2.45, 2.75) is 45.1 Å². The first kappa shape index (κ1) is 17.3. The van der Waals surface area contributed by atoms with E-state index in [1.807, 2.05) is 24.3 Å². The number of aromatic nitrogens is 1. The van der Waals surface area contributed by atoms with Crippen molar-refractivity contribution in [2.24, 2.45) is 5.92 Å². The van der Waals surface area contributed by atoms with E-state index in [-0.39, 0.29) is 11.9 Å². The number of carbonyl (C=O) groups is 2. The lowest BCUT2D eigenvalue weighted by Crippen LogP contribution is -2.46. The van der Waals surface area contributed by atoms with E-state index in [9.17, 15) is 9.59 Å². The monoisotopic (exact) mass is 354 g/mol. The second-order valence-electron chi connectivity index (χ2n) is 7.62. The molecule has 0 N–H and O–H groups in total. The number of ether oxygens (including phenoxy) is 1. The van der Waals surface area contributed by atoms with Gasteiger partial charge in [-0.3, -0.25) is 9.36 Å². The highest BCUT2D eigenvalue weighted by atomic mass is 16.5. The van der Waals surface area contributed by atoms with Crippen LogP contribution < -0.4 is 0 Å². The van der Waals surface area contributed by atoms with Gasteiger partial charge >= 0.3 is 5.97 Å². The lowest BCUT2D eigenvalue weighted by molar-refractivity contribution is 0.0235. The minimum Gasteiger partial charge on any atom is -0.462 e. The molecule has 3 heterocycles. The molecule has 26 heavy (non-hydrogen) atoms. The Hall–Kier alpha value is -2.14. The van der Waals surface area contributed by atoms with Gasteiger partial charge in [-0.15, -0.1) is 0 Å². The Labute approximate surface area is 153 Å². The normalized spacial score (nSPS) is 23.6. The summed E-state index contributed by atoms with van der Waals surface area (Å²) in [6.45, 7) is 4.32. The summed E-state index contributed by atoms with van der Waals surface area (Å²) < 4.78 is 7.19. The van der Waals surface area contributed by atoms with Crippen LogP contribution in [0.1, 0.15) is 54.2 Å². The van der Waals surface area contributed by atoms with Gasteiger partial charge in [-0.2, -0.15) is 0 Å². The van der Waals surface area contributed by atoms with Gasteiger partial charge in [0.2, 0.25) is 5.91 Å². The number of hydrogen-bond donors (Lipinski definition) is 0. The number of nitrogens with zero attached hydrogens (tertiary/aromatic N) is 2. The van der Waals surface area contributed by atoms with Crippen LogP contribution in [0.2, 0.25) is 0 Å². The molecular weight excluding hydrogens is 328 g/mol. The largest absolute Gasteiger partial charge is 0.462 e. The molecule has 2 fully saturated rings. The van der Waals surface area contributed by atoms with Crippen LogP contribution in [-0.4, -0.2) is 47.1 Å². The van der Waals surface area contributed by atoms with Crippen molar-refractivity contribution in [1.82, 2.24) is 9.47 Å². The molecule has 5 heteroatoms. The molecule has 0 amide bonds. The first-order valence-corrected chi connectivity index (χ1v) is 9.65. The van der Waals surface area contributed by atoms with Crippen LogP contribution in [0.4, 0.5) is 0 Å². The zero-order valence-corrected chi connectivity index (χ0v) is 15.3. The maximum absolute atomic E-state index is 12.7. The predicted octanol–water partition coefficient (Wildman–Crippen LogP) is 3.72. The molecule has 0 saturated carbocycles. The molecule has 1 aromatic carbocycles. The Morgan fingerprint density at radius 1 is 1.15 bits per heavy atom. The summed E-state index contributed by atoms with van der Waals surface area (Å²) in [4.78, 5) is 27.1. The van der Waals surface area contributed by atoms with Crippen LogP contribution >= 0.6 is 0 Å². The fraction of sp³-hybridized carbons (Fsp3) is 0.524. The fourth-order valence-electron chi connectivity index (χ4n) is 4.50. The van der Waals surface area contributed by atoms with Crippen molar-refractivity contribution in [3.63, 3.8) is 0 Å². The number of esters is 1. The van der Waals surface area contributed by atoms with E-state index >= 15 is 0 Å². The van der Waals surface area contributed by atoms with Crippen molar-refractivity contribution in [1.29, 1.82) is 0 Å². The summed E-state index contributed by atoms with van der Waals surface area (Å²) in [5.74, 6) is 0.0108. The molecule has 0 bridgehead atoms. The standard InChI is InChI=1S/C21H26N2O3/c1-15(24)23-13-19(18-7-2-3-8-20(18)23)21(25)26-14-16-9-11-22-10-5-4-6-17(22)12-16/h2-3,7-8,13,16-17H,4-6,9-12,14H2,1H3. The number of fused-ring (bicyclic) bond motifs is 2. The van der Waals surface area contributed by atoms with Crippen LogP contribution in [-0.2, 0) is 4.74 Å². The molecule has 0 spiro atoms. The summed E-state index contributed by atoms with van der Waals surface area (Å²) >= 11 is 0. The molecule has 138 valence electrons. The molecule has 2 unspecified atom stereocenters. The molecule has 2 saturated heterocycles. The first-order chi connectivity index (χ1) is 12.6. The summed E-state index contributed by atoms with van der Waals surface area (Å²) in [6, 6.07) is 8.14. The summed E-state index contributed by atoms with van der Waals surface area (Å²) in [5, 5.41) is 0.773. The topological polar surface area (TPSA) is 51.5 Å². The Morgan fingerprint density at radius 2 is 2.00 bits per heavy atom. The Kier molecular flexibility index (Phi) is 4.81. The second kappa shape index (κ2) is 7.23. The molecule has 2 aromatic rings. The lowest BCUT2D eigenvalue weighted by atomic mass is 9.86. The van der Waals surface area contributed by atoms with E-state index in [1.165, 1.54) is 37.3 Å². The van der Waals surface area contributed by atoms with Crippen molar-refractivity contribution >= 4 is 22.8 Å². The van der Waals surface area contributed by atoms with Crippen molar-refractivity contribution in [2.75, 3.05) is 19.7 Å². The molecular formula is C21H26N2O3. The van der Waals surface area contributed by atoms with Gasteiger partial charge in [-0.05, 0) is 50.8 Å². The van der Waals surface area contributed by atoms with E-state index in [0.717, 1.165) is 30.3 Å². The Bertz CT molecular complexity index is 826. The quantitative estimate of drug-likeness (QED) is 0.788. The lowest BCUT2D eigenvalue weighted by Gasteiger charge is -2.42. The highest BCUT2D eigenvalue weighted by molar-refractivity contribution is 6.07. The van der Waals surface area contributed by atoms with E-state index in [0.29, 0.717) is 24.1 Å². The van der Waals surface area contributed by atoms with E-state index in [2.05, 4.69) is 4.90 Å². The third-order valence-electron chi connectivity index (χ3n) is 5.90. The van der Waals surface area contributed by atoms with E-state index in [1.54, 1.807) is 6.20 Å². The minimum atomic E-state index is -0.327. The van der Waals surface area contributed by atoms with Crippen LogP contribution in [0.3, 0.4) is 0 Å². The third-order valence-corrected chi connectivity index (χ3v) is 5.90. The van der Waals surface area contributed by atoms with Crippen molar-refractivity contribution in [3.8, 4) is 0 Å². The molecule has 2 aliphatic heterocycles. The van der Waals surface area contributed by atoms with Gasteiger partial charge in [0.05, 0.1) is 17.7 Å². The van der Waals surface area contributed by atoms with Crippen LogP contribution in [0.5, 0.6) is 0 Å². The molecule has 5 nitrogen and oxygen atoms in total. The van der Waals surface area contributed by atoms with Gasteiger partial charge in [0.25, 0.3) is 0 Å². The van der Waals surface area contributed by atoms with Crippen LogP contribution in [0.25, 0.3) is 10.9 Å². The predicted molar refractivity (Wildman–Crippen MR) is 100 cm³/mol. The average molecular weight is 354 g/mol. The maximum Gasteiger partial charge on any atom is 0.340 e. The van der Waals surface area contributed by atoms with Crippen molar-refractivity contribution < 1.29 is 14.3 Å². The van der Waals surface area contributed by atoms with Crippen molar-refractivity contribution in [3.05, 3.63) is 36.0 Å². The Morgan fingerprint density at radius 3 is 2.85 bits per heavy atom. The number of para-hydroxylation sites is 1. The zero-order valence-electron chi connectivity index (χ0n) is 15.3. The highest BCUT2D eigenvalue weighted by Crippen LogP contribution is 2.30. The summed E-state index contributed by atoms with van der Waals surface area (Å²) in [5.41, 5.74) is 1.23. The summed E-state index contributed by atoms with van der Waals surface area (Å²) in [6.07, 6.45) is 7.74. The third kappa shape index (κ3) is 3.28. The SMILES string of the molecule is CC(=O)n1cc(C(=O)OCC2CCN3CCCCC3C2)c2ccccc21. The molecule has 0 aliphatic carbocycles. The van der Waals surface area contributed by atoms with Gasteiger partial charge in [0.15, 0.2) is 0 Å². The van der Waals surface area contributed by atoms with E-state index in [4.69, 9.17) is 4.74 Å². The minimum absolute atomic E-state index is 0.107. The maximum atomic E-state index is 12.7. The number of hydrogen-bond acceptors (Lipinski definition) is 4. The smallest absolute Gasteiger partial charge is 0.340 e. The zero-order chi connectivity index (χ0) is 18.1. The average Bonchev–Trinajstić information content (AvgIpc) is 3.06. The highest BCUT2D eigenvalue weighted by Gasteiger charge is 2.31. The molecule has 4 rings (SSSR count). The number of piperidine rings is 2. The Balaban J connectivity index is 1.44. The van der Waals surface area contributed by atoms with Gasteiger partial charge in [-0.25, -0.2) is 4.79 Å². The molecule has 2 aliphatic rings. The van der Waals surface area contributed by atoms with Gasteiger partial charge < -0.3 is 9.64 Å². The number of rotatable bonds is 3. The molecule has 1 aromatic heterocycles. The summed E-state index contributed by atoms with van der Waals surface area (Å²) in [7, 11) is 0. The van der Waals surface area contributed by atoms with Gasteiger partial charge in [0.1, 0.15) is 0 Å². The van der Waals surface area contributed by atoms with Gasteiger partial charge in [-0.1, -0.05) is 24.6 Å². The first-order valence-electron chi connectivity index (χ1n) is 9.65. The van der Waals surface area contributed by atoms with Gasteiger partial charge in [0, 0.05) is 24.5 Å². The van der Waals surface area contributed by atoms with Crippen LogP contribution in [0.15, 0.2) is 30.5 Å². The number of carbonyl (C=O) groups excluding carboxylic acids is 2. The molecule has 2 atom stereocenters. The van der Waals surface area contributed by atoms with Crippen LogP contribution in [0, 0.1) is 5.92 Å².